The fourth-order valence-electron chi connectivity index (χ4n) is 1.92. The van der Waals surface area contributed by atoms with Crippen molar-refractivity contribution in [1.29, 1.82) is 0 Å². The van der Waals surface area contributed by atoms with E-state index in [2.05, 4.69) is 5.10 Å². The molecule has 2 rings (SSSR count). The molecule has 0 saturated carbocycles. The Morgan fingerprint density at radius 1 is 1.39 bits per heavy atom. The van der Waals surface area contributed by atoms with Crippen LogP contribution in [0.2, 0.25) is 0 Å². The number of halogens is 1. The number of hydrogen-bond acceptors (Lipinski definition) is 2. The van der Waals surface area contributed by atoms with Crippen molar-refractivity contribution >= 4 is 5.78 Å². The smallest absolute Gasteiger partial charge is 0.163 e. The monoisotopic (exact) mass is 246 g/mol. The van der Waals surface area contributed by atoms with E-state index in [-0.39, 0.29) is 11.6 Å². The fourth-order valence-corrected chi connectivity index (χ4v) is 1.92. The molecular weight excluding hydrogens is 231 g/mol. The minimum atomic E-state index is -0.371. The van der Waals surface area contributed by atoms with Crippen LogP contribution in [0.15, 0.2) is 30.5 Å². The van der Waals surface area contributed by atoms with E-state index < -0.39 is 0 Å². The van der Waals surface area contributed by atoms with Gasteiger partial charge >= 0.3 is 0 Å². The van der Waals surface area contributed by atoms with E-state index >= 15 is 0 Å². The molecule has 0 N–H and O–H groups in total. The average Bonchev–Trinajstić information content (AvgIpc) is 2.75. The van der Waals surface area contributed by atoms with Gasteiger partial charge in [0.05, 0.1) is 0 Å². The molecule has 1 heterocycles. The first-order valence-electron chi connectivity index (χ1n) is 5.84. The van der Waals surface area contributed by atoms with Crippen LogP contribution in [-0.2, 0) is 13.5 Å². The van der Waals surface area contributed by atoms with Crippen molar-refractivity contribution in [2.75, 3.05) is 0 Å². The quantitative estimate of drug-likeness (QED) is 0.777. The maximum absolute atomic E-state index is 13.1. The van der Waals surface area contributed by atoms with Crippen molar-refractivity contribution in [3.05, 3.63) is 53.1 Å². The molecule has 0 aliphatic heterocycles. The Bertz CT molecular complexity index is 575. The van der Waals surface area contributed by atoms with Gasteiger partial charge < -0.3 is 0 Å². The topological polar surface area (TPSA) is 34.9 Å². The molecular formula is C14H15FN2O. The van der Waals surface area contributed by atoms with E-state index in [1.807, 2.05) is 20.0 Å². The second-order valence-corrected chi connectivity index (χ2v) is 4.33. The van der Waals surface area contributed by atoms with Gasteiger partial charge in [-0.05, 0) is 37.1 Å². The second kappa shape index (κ2) is 5.12. The van der Waals surface area contributed by atoms with Crippen molar-refractivity contribution in [2.45, 2.75) is 19.8 Å². The van der Waals surface area contributed by atoms with E-state index in [0.717, 1.165) is 11.3 Å². The molecule has 0 aliphatic rings. The molecule has 1 aromatic carbocycles. The summed E-state index contributed by atoms with van der Waals surface area (Å²) in [6.45, 7) is 1.82. The molecule has 0 saturated heterocycles. The van der Waals surface area contributed by atoms with Crippen molar-refractivity contribution < 1.29 is 9.18 Å². The molecule has 0 amide bonds. The highest BCUT2D eigenvalue weighted by atomic mass is 19.1. The van der Waals surface area contributed by atoms with Crippen LogP contribution >= 0.6 is 0 Å². The molecule has 1 aromatic heterocycles. The van der Waals surface area contributed by atoms with Crippen LogP contribution in [0.4, 0.5) is 4.39 Å². The maximum atomic E-state index is 13.1. The number of carbonyl (C=O) groups is 1. The van der Waals surface area contributed by atoms with Crippen LogP contribution in [-0.4, -0.2) is 15.6 Å². The lowest BCUT2D eigenvalue weighted by atomic mass is 10.0. The minimum Gasteiger partial charge on any atom is -0.294 e. The lowest BCUT2D eigenvalue weighted by molar-refractivity contribution is 0.0981. The molecule has 0 radical (unpaired) electrons. The predicted octanol–water partition coefficient (Wildman–Crippen LogP) is 2.68. The molecule has 0 atom stereocenters. The van der Waals surface area contributed by atoms with Crippen LogP contribution in [0.1, 0.15) is 28.0 Å². The van der Waals surface area contributed by atoms with Crippen LogP contribution in [0.25, 0.3) is 0 Å². The van der Waals surface area contributed by atoms with Crippen LogP contribution in [0.3, 0.4) is 0 Å². The third kappa shape index (κ3) is 2.64. The standard InChI is InChI=1S/C14H15FN2O/c1-10-3-4-11(15)9-13(10)14(18)6-5-12-7-8-16-17(12)2/h3-4,7-9H,5-6H2,1-2H3. The van der Waals surface area contributed by atoms with Gasteiger partial charge in [-0.1, -0.05) is 6.07 Å². The largest absolute Gasteiger partial charge is 0.294 e. The van der Waals surface area contributed by atoms with E-state index in [4.69, 9.17) is 0 Å². The predicted molar refractivity (Wildman–Crippen MR) is 67.0 cm³/mol. The molecule has 0 unspecified atom stereocenters. The van der Waals surface area contributed by atoms with Gasteiger partial charge in [0, 0.05) is 30.9 Å². The Hall–Kier alpha value is -1.97. The zero-order valence-corrected chi connectivity index (χ0v) is 10.5. The summed E-state index contributed by atoms with van der Waals surface area (Å²) in [5, 5.41) is 4.04. The zero-order valence-electron chi connectivity index (χ0n) is 10.5. The van der Waals surface area contributed by atoms with Crippen LogP contribution < -0.4 is 0 Å². The van der Waals surface area contributed by atoms with Gasteiger partial charge in [-0.15, -0.1) is 0 Å². The third-order valence-corrected chi connectivity index (χ3v) is 3.03. The highest BCUT2D eigenvalue weighted by Gasteiger charge is 2.11. The number of aromatic nitrogens is 2. The highest BCUT2D eigenvalue weighted by molar-refractivity contribution is 5.97. The van der Waals surface area contributed by atoms with Crippen molar-refractivity contribution in [1.82, 2.24) is 9.78 Å². The number of hydrogen-bond donors (Lipinski definition) is 0. The molecule has 2 aromatic rings. The second-order valence-electron chi connectivity index (χ2n) is 4.33. The lowest BCUT2D eigenvalue weighted by Crippen LogP contribution is -2.06. The van der Waals surface area contributed by atoms with E-state index in [9.17, 15) is 9.18 Å². The maximum Gasteiger partial charge on any atom is 0.163 e. The van der Waals surface area contributed by atoms with Gasteiger partial charge in [-0.3, -0.25) is 9.48 Å². The molecule has 0 spiro atoms. The van der Waals surface area contributed by atoms with Crippen molar-refractivity contribution in [2.24, 2.45) is 7.05 Å². The Morgan fingerprint density at radius 2 is 2.17 bits per heavy atom. The molecule has 18 heavy (non-hydrogen) atoms. The number of Topliss-reactive ketones (excluding diaryl/α,β-unsaturated/α-hetero) is 1. The van der Waals surface area contributed by atoms with E-state index in [1.165, 1.54) is 12.1 Å². The highest BCUT2D eigenvalue weighted by Crippen LogP contribution is 2.14. The number of ketones is 1. The number of carbonyl (C=O) groups excluding carboxylic acids is 1. The molecule has 3 nitrogen and oxygen atoms in total. The summed E-state index contributed by atoms with van der Waals surface area (Å²) in [7, 11) is 1.84. The van der Waals surface area contributed by atoms with E-state index in [0.29, 0.717) is 18.4 Å². The summed E-state index contributed by atoms with van der Waals surface area (Å²) < 4.78 is 14.9. The van der Waals surface area contributed by atoms with Crippen LogP contribution in [0, 0.1) is 12.7 Å². The summed E-state index contributed by atoms with van der Waals surface area (Å²) in [5.41, 5.74) is 2.28. The molecule has 94 valence electrons. The number of aryl methyl sites for hydroxylation is 3. The lowest BCUT2D eigenvalue weighted by Gasteiger charge is -2.05. The zero-order chi connectivity index (χ0) is 13.1. The Balaban J connectivity index is 2.08. The fraction of sp³-hybridized carbons (Fsp3) is 0.286. The van der Waals surface area contributed by atoms with Gasteiger partial charge in [0.25, 0.3) is 0 Å². The first-order chi connectivity index (χ1) is 8.58. The third-order valence-electron chi connectivity index (χ3n) is 3.03. The van der Waals surface area contributed by atoms with Gasteiger partial charge in [-0.2, -0.15) is 5.10 Å². The average molecular weight is 246 g/mol. The first kappa shape index (κ1) is 12.5. The van der Waals surface area contributed by atoms with Gasteiger partial charge in [0.15, 0.2) is 5.78 Å². The molecule has 0 bridgehead atoms. The minimum absolute atomic E-state index is 0.0341. The Morgan fingerprint density at radius 3 is 2.83 bits per heavy atom. The van der Waals surface area contributed by atoms with E-state index in [1.54, 1.807) is 16.9 Å². The Kier molecular flexibility index (Phi) is 3.55. The van der Waals surface area contributed by atoms with Crippen LogP contribution in [0.5, 0.6) is 0 Å². The SMILES string of the molecule is Cc1ccc(F)cc1C(=O)CCc1ccnn1C. The summed E-state index contributed by atoms with van der Waals surface area (Å²) in [4.78, 5) is 12.0. The summed E-state index contributed by atoms with van der Waals surface area (Å²) >= 11 is 0. The molecule has 4 heteroatoms. The summed E-state index contributed by atoms with van der Waals surface area (Å²) in [6, 6.07) is 6.19. The van der Waals surface area contributed by atoms with Crippen molar-refractivity contribution in [3.8, 4) is 0 Å². The van der Waals surface area contributed by atoms with Crippen molar-refractivity contribution in [3.63, 3.8) is 0 Å². The summed E-state index contributed by atoms with van der Waals surface area (Å²) in [5.74, 6) is -0.405. The summed E-state index contributed by atoms with van der Waals surface area (Å²) in [6.07, 6.45) is 2.68. The van der Waals surface area contributed by atoms with Gasteiger partial charge in [0.1, 0.15) is 5.82 Å². The number of benzene rings is 1. The molecule has 0 fully saturated rings. The Labute approximate surface area is 105 Å². The number of nitrogens with zero attached hydrogens (tertiary/aromatic N) is 2. The first-order valence-corrected chi connectivity index (χ1v) is 5.84. The normalized spacial score (nSPS) is 10.6. The molecule has 0 aliphatic carbocycles. The van der Waals surface area contributed by atoms with Gasteiger partial charge in [0.2, 0.25) is 0 Å². The number of rotatable bonds is 4. The van der Waals surface area contributed by atoms with Gasteiger partial charge in [-0.25, -0.2) is 4.39 Å².